The van der Waals surface area contributed by atoms with Crippen molar-refractivity contribution < 1.29 is 17.6 Å². The van der Waals surface area contributed by atoms with Crippen LogP contribution < -0.4 is 11.1 Å². The molecule has 5 N–H and O–H groups in total. The van der Waals surface area contributed by atoms with Gasteiger partial charge in [-0.15, -0.1) is 0 Å². The summed E-state index contributed by atoms with van der Waals surface area (Å²) in [6.07, 6.45) is 7.80. The number of sulfone groups is 1. The van der Waals surface area contributed by atoms with Crippen LogP contribution in [0.2, 0.25) is 0 Å². The average Bonchev–Trinajstić information content (AvgIpc) is 3.59. The summed E-state index contributed by atoms with van der Waals surface area (Å²) >= 11 is 0. The minimum Gasteiger partial charge on any atom is -0.336 e. The summed E-state index contributed by atoms with van der Waals surface area (Å²) in [5, 5.41) is 9.43. The number of halogens is 1. The highest BCUT2D eigenvalue weighted by atomic mass is 32.2. The molecule has 5 aromatic heterocycles. The van der Waals surface area contributed by atoms with E-state index >= 15 is 0 Å². The second kappa shape index (κ2) is 10.4. The maximum Gasteiger partial charge on any atom is 0.224 e. The van der Waals surface area contributed by atoms with Crippen molar-refractivity contribution in [1.29, 1.82) is 0 Å². The number of H-pyrrole nitrogens is 2. The first-order valence-corrected chi connectivity index (χ1v) is 14.8. The molecule has 0 saturated carbocycles. The van der Waals surface area contributed by atoms with Gasteiger partial charge in [0.2, 0.25) is 5.91 Å². The van der Waals surface area contributed by atoms with Gasteiger partial charge in [-0.1, -0.05) is 6.92 Å². The number of hydrogen-bond donors (Lipinski definition) is 4. The predicted molar refractivity (Wildman–Crippen MR) is 156 cm³/mol. The van der Waals surface area contributed by atoms with Gasteiger partial charge in [0.25, 0.3) is 0 Å². The van der Waals surface area contributed by atoms with Gasteiger partial charge < -0.3 is 16.0 Å². The Morgan fingerprint density at radius 1 is 1.05 bits per heavy atom. The summed E-state index contributed by atoms with van der Waals surface area (Å²) in [5.74, 6) is -0.358. The van der Waals surface area contributed by atoms with Crippen LogP contribution in [0.15, 0.2) is 61.2 Å². The van der Waals surface area contributed by atoms with E-state index in [1.54, 1.807) is 37.8 Å². The Hall–Kier alpha value is -5.08. The summed E-state index contributed by atoms with van der Waals surface area (Å²) in [6, 6.07) is 9.26. The lowest BCUT2D eigenvalue weighted by Gasteiger charge is -2.12. The topological polar surface area (TPSA) is 185 Å². The van der Waals surface area contributed by atoms with Crippen molar-refractivity contribution in [2.45, 2.75) is 18.7 Å². The molecule has 42 heavy (non-hydrogen) atoms. The third kappa shape index (κ3) is 5.08. The number of aromatic nitrogens is 7. The lowest BCUT2D eigenvalue weighted by molar-refractivity contribution is -0.115. The number of nitrogens with zero attached hydrogens (tertiary/aromatic N) is 5. The molecule has 1 unspecified atom stereocenters. The van der Waals surface area contributed by atoms with Crippen LogP contribution in [0.3, 0.4) is 0 Å². The van der Waals surface area contributed by atoms with E-state index in [2.05, 4.69) is 35.5 Å². The van der Waals surface area contributed by atoms with E-state index in [1.165, 1.54) is 12.1 Å². The average molecular weight is 586 g/mol. The first kappa shape index (κ1) is 27.1. The summed E-state index contributed by atoms with van der Waals surface area (Å²) in [7, 11) is -3.66. The number of rotatable bonds is 7. The zero-order valence-electron chi connectivity index (χ0n) is 22.4. The summed E-state index contributed by atoms with van der Waals surface area (Å²) in [4.78, 5) is 33.0. The van der Waals surface area contributed by atoms with Gasteiger partial charge in [-0.3, -0.25) is 19.9 Å². The Morgan fingerprint density at radius 3 is 2.64 bits per heavy atom. The molecule has 6 aromatic rings. The summed E-state index contributed by atoms with van der Waals surface area (Å²) in [6.45, 7) is 1.77. The monoisotopic (exact) mass is 585 g/mol. The Labute approximate surface area is 238 Å². The molecular formula is C28H24FN9O3S. The molecule has 1 aromatic carbocycles. The minimum absolute atomic E-state index is 0.104. The summed E-state index contributed by atoms with van der Waals surface area (Å²) < 4.78 is 38.6. The molecule has 0 fully saturated rings. The lowest BCUT2D eigenvalue weighted by Crippen LogP contribution is -2.20. The van der Waals surface area contributed by atoms with Crippen molar-refractivity contribution in [3.05, 3.63) is 72.6 Å². The summed E-state index contributed by atoms with van der Waals surface area (Å²) in [5.41, 5.74) is 10.8. The maximum absolute atomic E-state index is 14.6. The van der Waals surface area contributed by atoms with Crippen LogP contribution in [0.25, 0.3) is 56.0 Å². The number of hydrogen-bond acceptors (Lipinski definition) is 9. The molecular weight excluding hydrogens is 561 g/mol. The fourth-order valence-electron chi connectivity index (χ4n) is 4.58. The number of benzene rings is 1. The van der Waals surface area contributed by atoms with Crippen molar-refractivity contribution in [2.24, 2.45) is 5.73 Å². The Balaban J connectivity index is 1.42. The standard InChI is InChI=1S/C28H24FN9O3S/c1-3-22(39)34-19-9-16(11-31-13-19)17-10-20-24(37-38-27(20)33-12-17)28-35-21-4-5-32-23(25(21)36-28)14-6-15(8-18(29)7-14)26(30)42(2,40)41/h4-13,26H,3,30H2,1-2H3,(H,34,39)(H,35,36)(H,33,37,38). The smallest absolute Gasteiger partial charge is 0.224 e. The highest BCUT2D eigenvalue weighted by Crippen LogP contribution is 2.33. The zero-order chi connectivity index (χ0) is 29.6. The van der Waals surface area contributed by atoms with Crippen molar-refractivity contribution in [3.8, 4) is 33.9 Å². The molecule has 212 valence electrons. The van der Waals surface area contributed by atoms with Crippen molar-refractivity contribution in [2.75, 3.05) is 11.6 Å². The number of nitrogens with two attached hydrogens (primary N) is 1. The van der Waals surface area contributed by atoms with Crippen molar-refractivity contribution >= 4 is 43.5 Å². The van der Waals surface area contributed by atoms with E-state index in [9.17, 15) is 17.6 Å². The molecule has 0 radical (unpaired) electrons. The molecule has 6 rings (SSSR count). The first-order chi connectivity index (χ1) is 20.1. The van der Waals surface area contributed by atoms with E-state index in [1.807, 2.05) is 12.1 Å². The first-order valence-electron chi connectivity index (χ1n) is 12.8. The van der Waals surface area contributed by atoms with E-state index in [0.717, 1.165) is 23.4 Å². The van der Waals surface area contributed by atoms with Crippen molar-refractivity contribution in [3.63, 3.8) is 0 Å². The number of anilines is 1. The SMILES string of the molecule is CCC(=O)Nc1cncc(-c2cnc3[nH]nc(-c4nc5c(-c6cc(F)cc(C(N)S(C)(=O)=O)c6)nccc5[nH]4)c3c2)c1. The molecule has 5 heterocycles. The second-order valence-electron chi connectivity index (χ2n) is 9.72. The van der Waals surface area contributed by atoms with Crippen LogP contribution in [-0.4, -0.2) is 55.7 Å². The fourth-order valence-corrected chi connectivity index (χ4v) is 5.21. The molecule has 0 spiro atoms. The highest BCUT2D eigenvalue weighted by molar-refractivity contribution is 7.90. The molecule has 12 nitrogen and oxygen atoms in total. The second-order valence-corrected chi connectivity index (χ2v) is 11.9. The van der Waals surface area contributed by atoms with Gasteiger partial charge in [0, 0.05) is 48.0 Å². The number of nitrogens with one attached hydrogen (secondary N) is 3. The predicted octanol–water partition coefficient (Wildman–Crippen LogP) is 4.11. The van der Waals surface area contributed by atoms with Crippen LogP contribution in [0.5, 0.6) is 0 Å². The van der Waals surface area contributed by atoms with Crippen LogP contribution in [0.4, 0.5) is 10.1 Å². The van der Waals surface area contributed by atoms with Crippen molar-refractivity contribution in [1.82, 2.24) is 35.1 Å². The van der Waals surface area contributed by atoms with E-state index < -0.39 is 21.0 Å². The van der Waals surface area contributed by atoms with Gasteiger partial charge in [-0.2, -0.15) is 5.10 Å². The third-order valence-corrected chi connectivity index (χ3v) is 7.90. The van der Waals surface area contributed by atoms with E-state index in [-0.39, 0.29) is 11.5 Å². The Morgan fingerprint density at radius 2 is 1.86 bits per heavy atom. The molecule has 14 heteroatoms. The maximum atomic E-state index is 14.6. The lowest BCUT2D eigenvalue weighted by atomic mass is 10.1. The molecule has 0 saturated heterocycles. The third-order valence-electron chi connectivity index (χ3n) is 6.70. The number of aromatic amines is 2. The molecule has 0 bridgehead atoms. The number of imidazole rings is 1. The highest BCUT2D eigenvalue weighted by Gasteiger charge is 2.22. The van der Waals surface area contributed by atoms with Gasteiger partial charge in [0.1, 0.15) is 22.4 Å². The normalized spacial score (nSPS) is 12.6. The zero-order valence-corrected chi connectivity index (χ0v) is 23.2. The van der Waals surface area contributed by atoms with E-state index in [4.69, 9.17) is 10.7 Å². The van der Waals surface area contributed by atoms with Gasteiger partial charge in [-0.05, 0) is 42.0 Å². The minimum atomic E-state index is -3.66. The van der Waals surface area contributed by atoms with Gasteiger partial charge in [0.15, 0.2) is 21.3 Å². The van der Waals surface area contributed by atoms with Gasteiger partial charge >= 0.3 is 0 Å². The number of fused-ring (bicyclic) bond motifs is 2. The van der Waals surface area contributed by atoms with Crippen LogP contribution in [0.1, 0.15) is 24.3 Å². The largest absolute Gasteiger partial charge is 0.336 e. The number of carbonyl (C=O) groups is 1. The van der Waals surface area contributed by atoms with Crippen LogP contribution >= 0.6 is 0 Å². The molecule has 0 aliphatic rings. The number of carbonyl (C=O) groups excluding carboxylic acids is 1. The number of pyridine rings is 3. The van der Waals surface area contributed by atoms with Crippen LogP contribution in [-0.2, 0) is 14.6 Å². The van der Waals surface area contributed by atoms with E-state index in [0.29, 0.717) is 57.0 Å². The fraction of sp³-hybridized carbons (Fsp3) is 0.143. The number of amides is 1. The van der Waals surface area contributed by atoms with Crippen LogP contribution in [0, 0.1) is 5.82 Å². The molecule has 0 aliphatic carbocycles. The Bertz CT molecular complexity index is 2110. The van der Waals surface area contributed by atoms with Gasteiger partial charge in [0.05, 0.1) is 28.5 Å². The Kier molecular flexibility index (Phi) is 6.71. The molecule has 0 aliphatic heterocycles. The molecule has 1 atom stereocenters. The van der Waals surface area contributed by atoms with Gasteiger partial charge in [-0.25, -0.2) is 22.8 Å². The quantitative estimate of drug-likeness (QED) is 0.214. The molecule has 1 amide bonds.